The van der Waals surface area contributed by atoms with Gasteiger partial charge in [-0.1, -0.05) is 164 Å². The number of benzene rings is 7. The van der Waals surface area contributed by atoms with Crippen LogP contribution in [0.25, 0.3) is 87.7 Å². The van der Waals surface area contributed by atoms with E-state index in [-0.39, 0.29) is 0 Å². The zero-order valence-corrected chi connectivity index (χ0v) is 27.3. The van der Waals surface area contributed by atoms with Gasteiger partial charge in [0.2, 0.25) is 0 Å². The van der Waals surface area contributed by atoms with E-state index in [4.69, 9.17) is 15.0 Å². The van der Waals surface area contributed by atoms with Crippen LogP contribution in [0.5, 0.6) is 0 Å². The molecular weight excluding hydrogens is 615 g/mol. The Hall–Kier alpha value is -6.23. The Morgan fingerprint density at radius 2 is 0.714 bits per heavy atom. The highest BCUT2D eigenvalue weighted by Gasteiger charge is 2.19. The molecule has 0 saturated carbocycles. The van der Waals surface area contributed by atoms with E-state index in [1.807, 2.05) is 23.5 Å². The number of nitrogens with zero attached hydrogens (tertiary/aromatic N) is 3. The summed E-state index contributed by atoms with van der Waals surface area (Å²) in [6, 6.07) is 61.5. The molecule has 4 heteroatoms. The average Bonchev–Trinajstić information content (AvgIpc) is 3.58. The molecule has 0 saturated heterocycles. The van der Waals surface area contributed by atoms with Crippen molar-refractivity contribution in [1.82, 2.24) is 15.0 Å². The number of rotatable bonds is 6. The fourth-order valence-electron chi connectivity index (χ4n) is 6.50. The molecule has 9 rings (SSSR count). The summed E-state index contributed by atoms with van der Waals surface area (Å²) in [4.78, 5) is 15.5. The summed E-state index contributed by atoms with van der Waals surface area (Å²) in [5.41, 5.74) is 9.94. The van der Waals surface area contributed by atoms with Gasteiger partial charge >= 0.3 is 0 Å². The van der Waals surface area contributed by atoms with Crippen LogP contribution < -0.4 is 0 Å². The lowest BCUT2D eigenvalue weighted by Gasteiger charge is -2.12. The fraction of sp³-hybridized carbons (Fsp3) is 0. The van der Waals surface area contributed by atoms with Gasteiger partial charge in [0.15, 0.2) is 17.5 Å². The van der Waals surface area contributed by atoms with Crippen LogP contribution in [0.15, 0.2) is 176 Å². The van der Waals surface area contributed by atoms with Gasteiger partial charge in [-0.2, -0.15) is 0 Å². The normalized spacial score (nSPS) is 11.3. The molecule has 2 heterocycles. The lowest BCUT2D eigenvalue weighted by molar-refractivity contribution is 1.08. The molecule has 0 amide bonds. The first kappa shape index (κ1) is 29.0. The predicted octanol–water partition coefficient (Wildman–Crippen LogP) is 12.2. The van der Waals surface area contributed by atoms with Gasteiger partial charge in [-0.25, -0.2) is 15.0 Å². The van der Waals surface area contributed by atoms with Crippen molar-refractivity contribution in [2.45, 2.75) is 0 Å². The number of thiophene rings is 1. The van der Waals surface area contributed by atoms with Crippen LogP contribution in [0.3, 0.4) is 0 Å². The molecule has 230 valence electrons. The van der Waals surface area contributed by atoms with E-state index in [2.05, 4.69) is 164 Å². The van der Waals surface area contributed by atoms with Gasteiger partial charge in [-0.05, 0) is 45.5 Å². The SMILES string of the molecule is c1ccc(-c2ccc(-c3nc(-c4ccc(-c5ccccc5)cc4)nc(-c4ccc(-c5ccccc5)c5sc6ccccc6c45)n3)cc2)cc1. The first-order valence-electron chi connectivity index (χ1n) is 16.4. The Kier molecular flexibility index (Phi) is 7.34. The highest BCUT2D eigenvalue weighted by atomic mass is 32.1. The van der Waals surface area contributed by atoms with Crippen molar-refractivity contribution in [3.05, 3.63) is 176 Å². The lowest BCUT2D eigenvalue weighted by atomic mass is 9.98. The summed E-state index contributed by atoms with van der Waals surface area (Å²) < 4.78 is 2.47. The van der Waals surface area contributed by atoms with Crippen LogP contribution in [0.2, 0.25) is 0 Å². The second-order valence-corrected chi connectivity index (χ2v) is 13.1. The third-order valence-corrected chi connectivity index (χ3v) is 10.2. The van der Waals surface area contributed by atoms with Gasteiger partial charge < -0.3 is 0 Å². The molecule has 0 N–H and O–H groups in total. The Morgan fingerprint density at radius 1 is 0.306 bits per heavy atom. The number of hydrogen-bond acceptors (Lipinski definition) is 4. The predicted molar refractivity (Wildman–Crippen MR) is 205 cm³/mol. The van der Waals surface area contributed by atoms with Gasteiger partial charge in [0.25, 0.3) is 0 Å². The van der Waals surface area contributed by atoms with Gasteiger partial charge in [-0.3, -0.25) is 0 Å². The van der Waals surface area contributed by atoms with Crippen molar-refractivity contribution in [3.63, 3.8) is 0 Å². The molecule has 0 unspecified atom stereocenters. The van der Waals surface area contributed by atoms with E-state index in [1.54, 1.807) is 0 Å². The van der Waals surface area contributed by atoms with Crippen LogP contribution in [0, 0.1) is 0 Å². The Bertz CT molecular complexity index is 2460. The van der Waals surface area contributed by atoms with Crippen LogP contribution >= 0.6 is 11.3 Å². The minimum atomic E-state index is 0.645. The van der Waals surface area contributed by atoms with E-state index in [1.165, 1.54) is 42.4 Å². The van der Waals surface area contributed by atoms with E-state index >= 15 is 0 Å². The van der Waals surface area contributed by atoms with Crippen molar-refractivity contribution in [2.24, 2.45) is 0 Å². The van der Waals surface area contributed by atoms with Crippen molar-refractivity contribution in [2.75, 3.05) is 0 Å². The quantitative estimate of drug-likeness (QED) is 0.181. The molecule has 2 aromatic heterocycles. The molecule has 9 aromatic rings. The first-order chi connectivity index (χ1) is 24.3. The highest BCUT2D eigenvalue weighted by Crippen LogP contribution is 2.44. The Balaban J connectivity index is 1.24. The number of hydrogen-bond donors (Lipinski definition) is 0. The van der Waals surface area contributed by atoms with E-state index < -0.39 is 0 Å². The molecule has 3 nitrogen and oxygen atoms in total. The smallest absolute Gasteiger partial charge is 0.164 e. The summed E-state index contributed by atoms with van der Waals surface area (Å²) in [5, 5.41) is 2.38. The lowest BCUT2D eigenvalue weighted by Crippen LogP contribution is -2.00. The summed E-state index contributed by atoms with van der Waals surface area (Å²) in [7, 11) is 0. The molecule has 0 spiro atoms. The highest BCUT2D eigenvalue weighted by molar-refractivity contribution is 7.26. The molecule has 0 atom stereocenters. The molecule has 0 aliphatic carbocycles. The largest absolute Gasteiger partial charge is 0.208 e. The monoisotopic (exact) mass is 643 g/mol. The molecule has 0 fully saturated rings. The summed E-state index contributed by atoms with van der Waals surface area (Å²) >= 11 is 1.82. The summed E-state index contributed by atoms with van der Waals surface area (Å²) in [6.45, 7) is 0. The van der Waals surface area contributed by atoms with Crippen LogP contribution in [-0.4, -0.2) is 15.0 Å². The second kappa shape index (κ2) is 12.4. The zero-order valence-electron chi connectivity index (χ0n) is 26.5. The maximum Gasteiger partial charge on any atom is 0.164 e. The maximum absolute atomic E-state index is 5.19. The number of fused-ring (bicyclic) bond motifs is 3. The van der Waals surface area contributed by atoms with Crippen molar-refractivity contribution < 1.29 is 0 Å². The van der Waals surface area contributed by atoms with E-state index in [0.717, 1.165) is 27.8 Å². The molecule has 0 radical (unpaired) electrons. The van der Waals surface area contributed by atoms with E-state index in [9.17, 15) is 0 Å². The molecule has 0 aliphatic heterocycles. The molecular formula is C45H29N3S. The molecule has 0 bridgehead atoms. The Labute approximate surface area is 288 Å². The number of aromatic nitrogens is 3. The zero-order chi connectivity index (χ0) is 32.6. The molecule has 49 heavy (non-hydrogen) atoms. The van der Waals surface area contributed by atoms with Gasteiger partial charge in [0.1, 0.15) is 0 Å². The third-order valence-electron chi connectivity index (χ3n) is 8.99. The van der Waals surface area contributed by atoms with E-state index in [0.29, 0.717) is 17.5 Å². The van der Waals surface area contributed by atoms with Gasteiger partial charge in [-0.15, -0.1) is 11.3 Å². The molecule has 0 aliphatic rings. The van der Waals surface area contributed by atoms with Crippen LogP contribution in [0.4, 0.5) is 0 Å². The van der Waals surface area contributed by atoms with Crippen LogP contribution in [-0.2, 0) is 0 Å². The summed E-state index contributed by atoms with van der Waals surface area (Å²) in [5.74, 6) is 1.95. The fourth-order valence-corrected chi connectivity index (χ4v) is 7.76. The third kappa shape index (κ3) is 5.48. The molecule has 7 aromatic carbocycles. The van der Waals surface area contributed by atoms with Crippen molar-refractivity contribution in [3.8, 4) is 67.5 Å². The van der Waals surface area contributed by atoms with Gasteiger partial charge in [0, 0.05) is 36.9 Å². The second-order valence-electron chi connectivity index (χ2n) is 12.0. The van der Waals surface area contributed by atoms with Crippen molar-refractivity contribution in [1.29, 1.82) is 0 Å². The summed E-state index contributed by atoms with van der Waals surface area (Å²) in [6.07, 6.45) is 0. The van der Waals surface area contributed by atoms with Crippen molar-refractivity contribution >= 4 is 31.5 Å². The minimum absolute atomic E-state index is 0.645. The first-order valence-corrected chi connectivity index (χ1v) is 17.2. The maximum atomic E-state index is 5.19. The topological polar surface area (TPSA) is 38.7 Å². The average molecular weight is 644 g/mol. The minimum Gasteiger partial charge on any atom is -0.208 e. The standard InChI is InChI=1S/C45H29N3S/c1-4-12-30(13-5-1)32-20-24-35(25-21-32)43-46-44(36-26-22-33(23-27-36)31-14-6-2-7-15-31)48-45(47-43)39-29-28-37(34-16-8-3-9-17-34)42-41(39)38-18-10-11-19-40(38)49-42/h1-29H. The Morgan fingerprint density at radius 3 is 1.27 bits per heavy atom. The van der Waals surface area contributed by atoms with Gasteiger partial charge in [0.05, 0.1) is 0 Å². The van der Waals surface area contributed by atoms with Crippen LogP contribution in [0.1, 0.15) is 0 Å².